The van der Waals surface area contributed by atoms with Gasteiger partial charge in [0.05, 0.1) is 0 Å². The Morgan fingerprint density at radius 1 is 1.23 bits per heavy atom. The maximum absolute atomic E-state index is 5.64. The van der Waals surface area contributed by atoms with Gasteiger partial charge in [0.1, 0.15) is 0 Å². The average molecular weight is 176 g/mol. The second kappa shape index (κ2) is 3.90. The van der Waals surface area contributed by atoms with Crippen LogP contribution in [0.5, 0.6) is 0 Å². The first-order valence-electron chi connectivity index (χ1n) is 4.90. The van der Waals surface area contributed by atoms with Gasteiger partial charge in [-0.3, -0.25) is 0 Å². The predicted octanol–water partition coefficient (Wildman–Crippen LogP) is 1.40. The molecule has 2 rings (SSSR count). The highest BCUT2D eigenvalue weighted by molar-refractivity contribution is 5.26. The summed E-state index contributed by atoms with van der Waals surface area (Å²) in [7, 11) is 0. The molecule has 0 amide bonds. The van der Waals surface area contributed by atoms with Crippen molar-refractivity contribution in [3.63, 3.8) is 0 Å². The van der Waals surface area contributed by atoms with E-state index in [0.717, 1.165) is 12.6 Å². The first-order valence-corrected chi connectivity index (χ1v) is 4.90. The molecule has 2 heteroatoms. The molecule has 1 fully saturated rings. The summed E-state index contributed by atoms with van der Waals surface area (Å²) in [5.41, 5.74) is 8.25. The number of hydrogen-bond donors (Lipinski definition) is 2. The lowest BCUT2D eigenvalue weighted by atomic mass is 10.1. The molecule has 0 atom stereocenters. The molecule has 0 radical (unpaired) electrons. The van der Waals surface area contributed by atoms with E-state index in [2.05, 4.69) is 23.5 Å². The Labute approximate surface area is 79.1 Å². The van der Waals surface area contributed by atoms with E-state index in [1.165, 1.54) is 24.0 Å². The number of nitrogens with two attached hydrogens (primary N) is 1. The lowest BCUT2D eigenvalue weighted by molar-refractivity contribution is 0.682. The first kappa shape index (κ1) is 8.73. The van der Waals surface area contributed by atoms with Crippen molar-refractivity contribution in [3.05, 3.63) is 35.4 Å². The molecule has 1 aliphatic rings. The highest BCUT2D eigenvalue weighted by Crippen LogP contribution is 2.19. The maximum Gasteiger partial charge on any atom is 0.0211 e. The highest BCUT2D eigenvalue weighted by atomic mass is 14.9. The summed E-state index contributed by atoms with van der Waals surface area (Å²) in [4.78, 5) is 0. The van der Waals surface area contributed by atoms with E-state index in [0.29, 0.717) is 6.54 Å². The minimum absolute atomic E-state index is 0.641. The minimum atomic E-state index is 0.641. The Morgan fingerprint density at radius 2 is 1.92 bits per heavy atom. The fraction of sp³-hybridized carbons (Fsp3) is 0.455. The Hall–Kier alpha value is -0.860. The quantitative estimate of drug-likeness (QED) is 0.727. The van der Waals surface area contributed by atoms with E-state index in [-0.39, 0.29) is 0 Å². The van der Waals surface area contributed by atoms with Crippen molar-refractivity contribution in [2.75, 3.05) is 0 Å². The second-order valence-electron chi connectivity index (χ2n) is 3.63. The molecule has 0 aliphatic heterocycles. The summed E-state index contributed by atoms with van der Waals surface area (Å²) >= 11 is 0. The second-order valence-corrected chi connectivity index (χ2v) is 3.63. The molecule has 1 aromatic rings. The summed E-state index contributed by atoms with van der Waals surface area (Å²) in [6, 6.07) is 9.14. The van der Waals surface area contributed by atoms with Crippen LogP contribution in [0.2, 0.25) is 0 Å². The molecule has 70 valence electrons. The van der Waals surface area contributed by atoms with Crippen LogP contribution in [0.25, 0.3) is 0 Å². The molecule has 1 aliphatic carbocycles. The van der Waals surface area contributed by atoms with Gasteiger partial charge in [-0.2, -0.15) is 0 Å². The van der Waals surface area contributed by atoms with Crippen molar-refractivity contribution in [1.82, 2.24) is 5.32 Å². The summed E-state index contributed by atoms with van der Waals surface area (Å²) in [6.07, 6.45) is 2.68. The van der Waals surface area contributed by atoms with Gasteiger partial charge in [0, 0.05) is 19.1 Å². The SMILES string of the molecule is NCc1ccccc1CNC1CC1. The van der Waals surface area contributed by atoms with Crippen LogP contribution < -0.4 is 11.1 Å². The van der Waals surface area contributed by atoms with Crippen LogP contribution in [0.1, 0.15) is 24.0 Å². The van der Waals surface area contributed by atoms with Gasteiger partial charge in [0.25, 0.3) is 0 Å². The lowest BCUT2D eigenvalue weighted by Gasteiger charge is -2.07. The van der Waals surface area contributed by atoms with Crippen molar-refractivity contribution >= 4 is 0 Å². The number of hydrogen-bond acceptors (Lipinski definition) is 2. The summed E-state index contributed by atoms with van der Waals surface area (Å²) in [5, 5.41) is 3.49. The first-order chi connectivity index (χ1) is 6.40. The molecule has 2 nitrogen and oxygen atoms in total. The van der Waals surface area contributed by atoms with Gasteiger partial charge in [0.15, 0.2) is 0 Å². The zero-order chi connectivity index (χ0) is 9.10. The van der Waals surface area contributed by atoms with Gasteiger partial charge >= 0.3 is 0 Å². The smallest absolute Gasteiger partial charge is 0.0211 e. The van der Waals surface area contributed by atoms with E-state index in [1.807, 2.05) is 6.07 Å². The van der Waals surface area contributed by atoms with Crippen molar-refractivity contribution < 1.29 is 0 Å². The van der Waals surface area contributed by atoms with E-state index < -0.39 is 0 Å². The Kier molecular flexibility index (Phi) is 2.62. The summed E-state index contributed by atoms with van der Waals surface area (Å²) in [6.45, 7) is 1.61. The zero-order valence-electron chi connectivity index (χ0n) is 7.79. The fourth-order valence-corrected chi connectivity index (χ4v) is 1.47. The van der Waals surface area contributed by atoms with Crippen LogP contribution in [-0.2, 0) is 13.1 Å². The molecule has 0 aromatic heterocycles. The van der Waals surface area contributed by atoms with Crippen LogP contribution in [0.3, 0.4) is 0 Å². The normalized spacial score (nSPS) is 16.1. The molecular weight excluding hydrogens is 160 g/mol. The monoisotopic (exact) mass is 176 g/mol. The fourth-order valence-electron chi connectivity index (χ4n) is 1.47. The third-order valence-corrected chi connectivity index (χ3v) is 2.50. The van der Waals surface area contributed by atoms with Gasteiger partial charge in [0.2, 0.25) is 0 Å². The van der Waals surface area contributed by atoms with Crippen LogP contribution in [0.4, 0.5) is 0 Å². The number of benzene rings is 1. The Balaban J connectivity index is 1.99. The predicted molar refractivity (Wildman–Crippen MR) is 54.2 cm³/mol. The third kappa shape index (κ3) is 2.29. The van der Waals surface area contributed by atoms with E-state index in [4.69, 9.17) is 5.73 Å². The van der Waals surface area contributed by atoms with Crippen molar-refractivity contribution in [2.45, 2.75) is 32.0 Å². The number of rotatable bonds is 4. The van der Waals surface area contributed by atoms with Crippen LogP contribution in [-0.4, -0.2) is 6.04 Å². The Morgan fingerprint density at radius 3 is 2.54 bits per heavy atom. The van der Waals surface area contributed by atoms with E-state index >= 15 is 0 Å². The zero-order valence-corrected chi connectivity index (χ0v) is 7.79. The molecule has 13 heavy (non-hydrogen) atoms. The summed E-state index contributed by atoms with van der Waals surface area (Å²) < 4.78 is 0. The standard InChI is InChI=1S/C11H16N2/c12-7-9-3-1-2-4-10(9)8-13-11-5-6-11/h1-4,11,13H,5-8,12H2. The molecular formula is C11H16N2. The van der Waals surface area contributed by atoms with Crippen LogP contribution >= 0.6 is 0 Å². The van der Waals surface area contributed by atoms with Crippen molar-refractivity contribution in [3.8, 4) is 0 Å². The van der Waals surface area contributed by atoms with Gasteiger partial charge < -0.3 is 11.1 Å². The molecule has 3 N–H and O–H groups in total. The third-order valence-electron chi connectivity index (χ3n) is 2.50. The largest absolute Gasteiger partial charge is 0.326 e. The molecule has 0 unspecified atom stereocenters. The van der Waals surface area contributed by atoms with E-state index in [9.17, 15) is 0 Å². The molecule has 0 bridgehead atoms. The average Bonchev–Trinajstić information content (AvgIpc) is 2.99. The highest BCUT2D eigenvalue weighted by Gasteiger charge is 2.20. The van der Waals surface area contributed by atoms with Gasteiger partial charge in [-0.25, -0.2) is 0 Å². The van der Waals surface area contributed by atoms with Crippen LogP contribution in [0, 0.1) is 0 Å². The molecule has 0 saturated heterocycles. The van der Waals surface area contributed by atoms with Crippen molar-refractivity contribution in [1.29, 1.82) is 0 Å². The lowest BCUT2D eigenvalue weighted by Crippen LogP contribution is -2.17. The molecule has 0 heterocycles. The van der Waals surface area contributed by atoms with Gasteiger partial charge in [-0.15, -0.1) is 0 Å². The summed E-state index contributed by atoms with van der Waals surface area (Å²) in [5.74, 6) is 0. The number of nitrogens with one attached hydrogen (secondary N) is 1. The van der Waals surface area contributed by atoms with Gasteiger partial charge in [-0.05, 0) is 24.0 Å². The van der Waals surface area contributed by atoms with Crippen molar-refractivity contribution in [2.24, 2.45) is 5.73 Å². The molecule has 1 aromatic carbocycles. The van der Waals surface area contributed by atoms with Crippen LogP contribution in [0.15, 0.2) is 24.3 Å². The Bertz CT molecular complexity index is 279. The molecule has 1 saturated carbocycles. The van der Waals surface area contributed by atoms with Gasteiger partial charge in [-0.1, -0.05) is 24.3 Å². The minimum Gasteiger partial charge on any atom is -0.326 e. The molecule has 0 spiro atoms. The maximum atomic E-state index is 5.64. The topological polar surface area (TPSA) is 38.0 Å². The van der Waals surface area contributed by atoms with E-state index in [1.54, 1.807) is 0 Å².